The Kier molecular flexibility index (Phi) is 2.23. The van der Waals surface area contributed by atoms with Crippen LogP contribution in [0, 0.1) is 0 Å². The highest BCUT2D eigenvalue weighted by molar-refractivity contribution is 14.1. The molecule has 2 atom stereocenters. The Bertz CT molecular complexity index is 454. The van der Waals surface area contributed by atoms with Crippen LogP contribution in [-0.2, 0) is 9.57 Å². The summed E-state index contributed by atoms with van der Waals surface area (Å²) in [5.74, 6) is -0.862. The Labute approximate surface area is 104 Å². The summed E-state index contributed by atoms with van der Waals surface area (Å²) < 4.78 is 4.90. The third kappa shape index (κ3) is 1.45. The summed E-state index contributed by atoms with van der Waals surface area (Å²) in [7, 11) is 0. The molecule has 1 fully saturated rings. The highest BCUT2D eigenvalue weighted by atomic mass is 127. The first-order valence-corrected chi connectivity index (χ1v) is 5.87. The molecule has 0 aliphatic carbocycles. The van der Waals surface area contributed by atoms with Gasteiger partial charge in [0.25, 0.3) is 11.8 Å². The number of hydrogen-bond acceptors (Lipinski definition) is 4. The number of fused-ring (bicyclic) bond motifs is 1. The molecule has 1 saturated heterocycles. The van der Waals surface area contributed by atoms with Gasteiger partial charge in [0.2, 0.25) is 6.29 Å². The Morgan fingerprint density at radius 3 is 2.12 bits per heavy atom. The van der Waals surface area contributed by atoms with Crippen molar-refractivity contribution in [2.75, 3.05) is 0 Å². The van der Waals surface area contributed by atoms with Crippen LogP contribution in [-0.4, -0.2) is 27.3 Å². The standard InChI is InChI=1S/C10H6INO4/c11-7-10(15-7)16-12-8(13)5-3-1-2-4-6(5)9(12)14/h1-4,7,10H. The van der Waals surface area contributed by atoms with Crippen LogP contribution in [0.15, 0.2) is 24.3 Å². The molecule has 2 amide bonds. The van der Waals surface area contributed by atoms with Crippen molar-refractivity contribution >= 4 is 34.4 Å². The van der Waals surface area contributed by atoms with Crippen LogP contribution < -0.4 is 0 Å². The molecule has 0 N–H and O–H groups in total. The second kappa shape index (κ2) is 3.51. The topological polar surface area (TPSA) is 59.1 Å². The van der Waals surface area contributed by atoms with Crippen molar-refractivity contribution in [2.45, 2.75) is 10.4 Å². The third-order valence-electron chi connectivity index (χ3n) is 2.37. The van der Waals surface area contributed by atoms with Gasteiger partial charge in [-0.3, -0.25) is 9.59 Å². The van der Waals surface area contributed by atoms with Crippen LogP contribution in [0.1, 0.15) is 20.7 Å². The molecule has 82 valence electrons. The van der Waals surface area contributed by atoms with Crippen molar-refractivity contribution < 1.29 is 19.2 Å². The molecule has 2 aliphatic heterocycles. The number of imide groups is 1. The van der Waals surface area contributed by atoms with Crippen molar-refractivity contribution in [3.8, 4) is 0 Å². The molecular formula is C10H6INO4. The van der Waals surface area contributed by atoms with Crippen molar-refractivity contribution in [1.82, 2.24) is 5.06 Å². The molecule has 1 aromatic carbocycles. The number of amides is 2. The number of benzene rings is 1. The molecule has 5 nitrogen and oxygen atoms in total. The largest absolute Gasteiger partial charge is 0.328 e. The zero-order chi connectivity index (χ0) is 11.3. The lowest BCUT2D eigenvalue weighted by atomic mass is 10.1. The fourth-order valence-electron chi connectivity index (χ4n) is 1.52. The number of carbonyl (C=O) groups is 2. The third-order valence-corrected chi connectivity index (χ3v) is 3.25. The van der Waals surface area contributed by atoms with E-state index in [1.807, 2.05) is 22.6 Å². The Morgan fingerprint density at radius 1 is 1.19 bits per heavy atom. The maximum Gasteiger partial charge on any atom is 0.285 e. The van der Waals surface area contributed by atoms with Crippen LogP contribution in [0.4, 0.5) is 0 Å². The minimum atomic E-state index is -0.497. The molecule has 0 aromatic heterocycles. The summed E-state index contributed by atoms with van der Waals surface area (Å²) in [6.45, 7) is 0. The number of alkyl halides is 1. The van der Waals surface area contributed by atoms with Gasteiger partial charge in [-0.2, -0.15) is 0 Å². The SMILES string of the molecule is O=C1c2ccccc2C(=O)N1OC1OC1I. The first-order valence-electron chi connectivity index (χ1n) is 4.62. The van der Waals surface area contributed by atoms with Gasteiger partial charge in [0.05, 0.1) is 11.1 Å². The molecule has 0 saturated carbocycles. The summed E-state index contributed by atoms with van der Waals surface area (Å²) in [6, 6.07) is 6.63. The zero-order valence-electron chi connectivity index (χ0n) is 7.92. The monoisotopic (exact) mass is 331 g/mol. The van der Waals surface area contributed by atoms with E-state index < -0.39 is 18.1 Å². The predicted octanol–water partition coefficient (Wildman–Crippen LogP) is 1.33. The molecule has 2 aliphatic rings. The van der Waals surface area contributed by atoms with Crippen LogP contribution >= 0.6 is 22.6 Å². The van der Waals surface area contributed by atoms with Crippen LogP contribution in [0.25, 0.3) is 0 Å². The number of halogens is 1. The molecule has 16 heavy (non-hydrogen) atoms. The predicted molar refractivity (Wildman–Crippen MR) is 60.7 cm³/mol. The van der Waals surface area contributed by atoms with Gasteiger partial charge in [-0.25, -0.2) is 4.84 Å². The van der Waals surface area contributed by atoms with Gasteiger partial charge in [0.1, 0.15) is 0 Å². The van der Waals surface area contributed by atoms with Crippen LogP contribution in [0.2, 0.25) is 0 Å². The number of ether oxygens (including phenoxy) is 1. The van der Waals surface area contributed by atoms with Crippen molar-refractivity contribution in [3.05, 3.63) is 35.4 Å². The number of hydroxylamine groups is 2. The number of rotatable bonds is 2. The second-order valence-electron chi connectivity index (χ2n) is 3.41. The van der Waals surface area contributed by atoms with Gasteiger partial charge >= 0.3 is 0 Å². The van der Waals surface area contributed by atoms with E-state index in [4.69, 9.17) is 9.57 Å². The van der Waals surface area contributed by atoms with Crippen molar-refractivity contribution in [3.63, 3.8) is 0 Å². The van der Waals surface area contributed by atoms with Gasteiger partial charge in [0, 0.05) is 0 Å². The van der Waals surface area contributed by atoms with E-state index in [1.165, 1.54) is 0 Å². The zero-order valence-corrected chi connectivity index (χ0v) is 10.1. The number of hydrogen-bond donors (Lipinski definition) is 0. The lowest BCUT2D eigenvalue weighted by molar-refractivity contribution is -0.128. The maximum absolute atomic E-state index is 11.8. The Hall–Kier alpha value is -0.990. The van der Waals surface area contributed by atoms with E-state index in [9.17, 15) is 9.59 Å². The summed E-state index contributed by atoms with van der Waals surface area (Å²) in [5.41, 5.74) is 0.747. The van der Waals surface area contributed by atoms with E-state index in [0.717, 1.165) is 5.06 Å². The molecular weight excluding hydrogens is 325 g/mol. The quantitative estimate of drug-likeness (QED) is 0.355. The van der Waals surface area contributed by atoms with Crippen molar-refractivity contribution in [2.24, 2.45) is 0 Å². The van der Waals surface area contributed by atoms with Gasteiger partial charge in [-0.05, 0) is 34.7 Å². The van der Waals surface area contributed by atoms with Gasteiger partial charge < -0.3 is 4.74 Å². The maximum atomic E-state index is 11.8. The van der Waals surface area contributed by atoms with Crippen LogP contribution in [0.5, 0.6) is 0 Å². The summed E-state index contributed by atoms with van der Waals surface area (Å²) >= 11 is 2.02. The number of carbonyl (C=O) groups excluding carboxylic acids is 2. The normalized spacial score (nSPS) is 27.2. The number of nitrogens with zero attached hydrogens (tertiary/aromatic N) is 1. The molecule has 2 unspecified atom stereocenters. The van der Waals surface area contributed by atoms with E-state index in [2.05, 4.69) is 0 Å². The molecule has 3 rings (SSSR count). The van der Waals surface area contributed by atoms with Gasteiger partial charge in [-0.15, -0.1) is 5.06 Å². The first kappa shape index (κ1) is 10.2. The van der Waals surface area contributed by atoms with E-state index in [-0.39, 0.29) is 4.11 Å². The Balaban J connectivity index is 1.89. The van der Waals surface area contributed by atoms with E-state index >= 15 is 0 Å². The molecule has 1 aromatic rings. The molecule has 2 heterocycles. The lowest BCUT2D eigenvalue weighted by Gasteiger charge is -2.10. The lowest BCUT2D eigenvalue weighted by Crippen LogP contribution is -2.31. The highest BCUT2D eigenvalue weighted by Gasteiger charge is 2.45. The fourth-order valence-corrected chi connectivity index (χ4v) is 1.94. The van der Waals surface area contributed by atoms with E-state index in [1.54, 1.807) is 24.3 Å². The molecule has 0 bridgehead atoms. The minimum absolute atomic E-state index is 0.0955. The minimum Gasteiger partial charge on any atom is -0.328 e. The van der Waals surface area contributed by atoms with Crippen molar-refractivity contribution in [1.29, 1.82) is 0 Å². The summed E-state index contributed by atoms with van der Waals surface area (Å²) in [5, 5.41) is 0.772. The smallest absolute Gasteiger partial charge is 0.285 e. The van der Waals surface area contributed by atoms with Gasteiger partial charge in [0.15, 0.2) is 4.11 Å². The summed E-state index contributed by atoms with van der Waals surface area (Å²) in [6.07, 6.45) is -0.497. The Morgan fingerprint density at radius 2 is 1.69 bits per heavy atom. The molecule has 6 heteroatoms. The highest BCUT2D eigenvalue weighted by Crippen LogP contribution is 2.32. The van der Waals surface area contributed by atoms with E-state index in [0.29, 0.717) is 11.1 Å². The van der Waals surface area contributed by atoms with Gasteiger partial charge in [-0.1, -0.05) is 12.1 Å². The molecule has 0 radical (unpaired) electrons. The average Bonchev–Trinajstić information content (AvgIpc) is 2.94. The fraction of sp³-hybridized carbons (Fsp3) is 0.200. The van der Waals surface area contributed by atoms with Crippen LogP contribution in [0.3, 0.4) is 0 Å². The first-order chi connectivity index (χ1) is 7.68. The molecule has 0 spiro atoms. The average molecular weight is 331 g/mol. The summed E-state index contributed by atoms with van der Waals surface area (Å²) in [4.78, 5) is 28.7. The number of epoxide rings is 1. The second-order valence-corrected chi connectivity index (χ2v) is 4.64.